The minimum atomic E-state index is -0.717. The molecular weight excluding hydrogens is 554 g/mol. The maximum atomic E-state index is 13.4. The monoisotopic (exact) mass is 593 g/mol. The van der Waals surface area contributed by atoms with Gasteiger partial charge < -0.3 is 14.5 Å². The largest absolute Gasteiger partial charge is 0.415 e. The second-order valence-corrected chi connectivity index (χ2v) is 11.4. The molecule has 1 aliphatic carbocycles. The van der Waals surface area contributed by atoms with Gasteiger partial charge in [0.15, 0.2) is 0 Å². The van der Waals surface area contributed by atoms with Crippen LogP contribution in [0.3, 0.4) is 0 Å². The van der Waals surface area contributed by atoms with Crippen molar-refractivity contribution < 1.29 is 23.5 Å². The molecule has 3 atom stereocenters. The summed E-state index contributed by atoms with van der Waals surface area (Å²) in [5.41, 5.74) is 1.56. The fourth-order valence-electron chi connectivity index (χ4n) is 5.28. The molecule has 2 fully saturated rings. The Bertz CT molecular complexity index is 1140. The molecule has 2 aromatic rings. The van der Waals surface area contributed by atoms with Crippen LogP contribution in [-0.4, -0.2) is 71.4 Å². The maximum absolute atomic E-state index is 13.4. The molecule has 0 spiro atoms. The third-order valence-corrected chi connectivity index (χ3v) is 7.86. The Labute approximate surface area is 246 Å². The van der Waals surface area contributed by atoms with Crippen LogP contribution < -0.4 is 10.6 Å². The van der Waals surface area contributed by atoms with Crippen molar-refractivity contribution in [3.63, 3.8) is 0 Å². The van der Waals surface area contributed by atoms with Crippen molar-refractivity contribution in [3.05, 3.63) is 41.3 Å². The molecule has 1 aromatic carbocycles. The number of amides is 3. The predicted octanol–water partition coefficient (Wildman–Crippen LogP) is 3.81. The SMILES string of the molecule is CSc1nnc([C@H](CC(C)C)C(=O)NC(=O)[C@@H]2CCCC[C@@H]2NC(=O)c2ccccc2CN2CCOCC2)o1.Cl. The molecule has 10 nitrogen and oxygen atoms in total. The number of hydrogen-bond donors (Lipinski definition) is 2. The summed E-state index contributed by atoms with van der Waals surface area (Å²) in [4.78, 5) is 42.3. The highest BCUT2D eigenvalue weighted by molar-refractivity contribution is 7.98. The Hall–Kier alpha value is -2.47. The number of rotatable bonds is 10. The van der Waals surface area contributed by atoms with E-state index in [-0.39, 0.29) is 42.1 Å². The number of morpholine rings is 1. The molecule has 1 aliphatic heterocycles. The molecule has 2 heterocycles. The van der Waals surface area contributed by atoms with Crippen LogP contribution in [0.25, 0.3) is 0 Å². The van der Waals surface area contributed by atoms with Crippen LogP contribution in [0.2, 0.25) is 0 Å². The first-order chi connectivity index (χ1) is 18.9. The summed E-state index contributed by atoms with van der Waals surface area (Å²) in [6.45, 7) is 7.70. The molecule has 0 unspecified atom stereocenters. The minimum Gasteiger partial charge on any atom is -0.415 e. The molecule has 0 radical (unpaired) electrons. The van der Waals surface area contributed by atoms with E-state index in [0.717, 1.165) is 31.5 Å². The number of halogens is 1. The highest BCUT2D eigenvalue weighted by atomic mass is 35.5. The van der Waals surface area contributed by atoms with E-state index in [0.29, 0.717) is 49.8 Å². The van der Waals surface area contributed by atoms with Crippen molar-refractivity contribution in [3.8, 4) is 0 Å². The molecule has 2 N–H and O–H groups in total. The van der Waals surface area contributed by atoms with E-state index in [1.165, 1.54) is 11.8 Å². The molecule has 1 aromatic heterocycles. The van der Waals surface area contributed by atoms with Gasteiger partial charge in [-0.25, -0.2) is 0 Å². The molecule has 2 aliphatic rings. The van der Waals surface area contributed by atoms with Gasteiger partial charge in [0.05, 0.1) is 19.1 Å². The number of imide groups is 1. The number of ether oxygens (including phenoxy) is 1. The summed E-state index contributed by atoms with van der Waals surface area (Å²) in [6, 6.07) is 7.24. The molecule has 4 rings (SSSR count). The van der Waals surface area contributed by atoms with Gasteiger partial charge in [0.25, 0.3) is 11.1 Å². The molecule has 12 heteroatoms. The van der Waals surface area contributed by atoms with E-state index < -0.39 is 17.7 Å². The molecule has 40 heavy (non-hydrogen) atoms. The standard InChI is InChI=1S/C28H39N5O5S.ClH/c1-18(2)16-22(27-31-32-28(38-27)39-3)26(36)30-25(35)21-10-6-7-11-23(21)29-24(34)20-9-5-4-8-19(20)17-33-12-14-37-15-13-33;/h4-5,8-9,18,21-23H,6-7,10-17H2,1-3H3,(H,29,34)(H,30,35,36);1H/t21-,22-,23+;/m1./s1. The summed E-state index contributed by atoms with van der Waals surface area (Å²) in [7, 11) is 0. The smallest absolute Gasteiger partial charge is 0.276 e. The second kappa shape index (κ2) is 15.5. The zero-order chi connectivity index (χ0) is 27.8. The lowest BCUT2D eigenvalue weighted by atomic mass is 9.83. The number of hydrogen-bond acceptors (Lipinski definition) is 9. The van der Waals surface area contributed by atoms with Crippen molar-refractivity contribution >= 4 is 41.9 Å². The molecule has 1 saturated heterocycles. The molecule has 1 saturated carbocycles. The zero-order valence-electron chi connectivity index (χ0n) is 23.4. The van der Waals surface area contributed by atoms with E-state index in [1.807, 2.05) is 44.4 Å². The Kier molecular flexibility index (Phi) is 12.4. The van der Waals surface area contributed by atoms with Crippen LogP contribution in [0, 0.1) is 11.8 Å². The van der Waals surface area contributed by atoms with Gasteiger partial charge in [-0.3, -0.25) is 24.6 Å². The highest BCUT2D eigenvalue weighted by Gasteiger charge is 2.36. The lowest BCUT2D eigenvalue weighted by Crippen LogP contribution is -2.50. The van der Waals surface area contributed by atoms with Crippen LogP contribution >= 0.6 is 24.2 Å². The van der Waals surface area contributed by atoms with Crippen LogP contribution in [0.1, 0.15) is 73.7 Å². The van der Waals surface area contributed by atoms with Gasteiger partial charge in [-0.15, -0.1) is 22.6 Å². The van der Waals surface area contributed by atoms with Gasteiger partial charge in [-0.1, -0.05) is 56.7 Å². The van der Waals surface area contributed by atoms with E-state index in [1.54, 1.807) is 0 Å². The molecule has 0 bridgehead atoms. The van der Waals surface area contributed by atoms with Crippen LogP contribution in [-0.2, 0) is 20.9 Å². The first-order valence-electron chi connectivity index (χ1n) is 13.8. The number of carbonyl (C=O) groups excluding carboxylic acids is 3. The topological polar surface area (TPSA) is 127 Å². The molecular formula is C28H40ClN5O5S. The Morgan fingerprint density at radius 2 is 1.82 bits per heavy atom. The minimum absolute atomic E-state index is 0. The van der Waals surface area contributed by atoms with E-state index in [2.05, 4.69) is 25.7 Å². The summed E-state index contributed by atoms with van der Waals surface area (Å²) in [5.74, 6) is -1.83. The summed E-state index contributed by atoms with van der Waals surface area (Å²) in [6.07, 6.45) is 5.35. The number of nitrogens with one attached hydrogen (secondary N) is 2. The van der Waals surface area contributed by atoms with Crippen molar-refractivity contribution in [2.24, 2.45) is 11.8 Å². The summed E-state index contributed by atoms with van der Waals surface area (Å²) in [5, 5.41) is 14.1. The van der Waals surface area contributed by atoms with Gasteiger partial charge in [-0.05, 0) is 43.1 Å². The first-order valence-corrected chi connectivity index (χ1v) is 15.0. The normalized spacial score (nSPS) is 20.4. The van der Waals surface area contributed by atoms with Crippen molar-refractivity contribution in [2.45, 2.75) is 69.7 Å². The Morgan fingerprint density at radius 3 is 2.52 bits per heavy atom. The van der Waals surface area contributed by atoms with Crippen molar-refractivity contribution in [2.75, 3.05) is 32.6 Å². The third-order valence-electron chi connectivity index (χ3n) is 7.34. The summed E-state index contributed by atoms with van der Waals surface area (Å²) >= 11 is 1.30. The Balaban J connectivity index is 0.00000441. The van der Waals surface area contributed by atoms with Crippen LogP contribution in [0.5, 0.6) is 0 Å². The average Bonchev–Trinajstić information content (AvgIpc) is 3.42. The number of carbonyl (C=O) groups is 3. The number of nitrogens with zero attached hydrogens (tertiary/aromatic N) is 3. The van der Waals surface area contributed by atoms with Crippen LogP contribution in [0.15, 0.2) is 33.9 Å². The number of thioether (sulfide) groups is 1. The van der Waals surface area contributed by atoms with Gasteiger partial charge in [0.1, 0.15) is 5.92 Å². The van der Waals surface area contributed by atoms with E-state index in [4.69, 9.17) is 9.15 Å². The number of aromatic nitrogens is 2. The highest BCUT2D eigenvalue weighted by Crippen LogP contribution is 2.28. The maximum Gasteiger partial charge on any atom is 0.276 e. The predicted molar refractivity (Wildman–Crippen MR) is 154 cm³/mol. The van der Waals surface area contributed by atoms with E-state index in [9.17, 15) is 14.4 Å². The fourth-order valence-corrected chi connectivity index (χ4v) is 5.57. The molecule has 220 valence electrons. The van der Waals surface area contributed by atoms with Crippen LogP contribution in [0.4, 0.5) is 0 Å². The second-order valence-electron chi connectivity index (χ2n) is 10.7. The molecule has 3 amide bonds. The number of benzene rings is 1. The van der Waals surface area contributed by atoms with Crippen molar-refractivity contribution in [1.29, 1.82) is 0 Å². The van der Waals surface area contributed by atoms with Gasteiger partial charge in [0.2, 0.25) is 17.7 Å². The van der Waals surface area contributed by atoms with Crippen molar-refractivity contribution in [1.82, 2.24) is 25.7 Å². The Morgan fingerprint density at radius 1 is 1.10 bits per heavy atom. The third kappa shape index (κ3) is 8.52. The van der Waals surface area contributed by atoms with Gasteiger partial charge in [0, 0.05) is 31.2 Å². The fraction of sp³-hybridized carbons (Fsp3) is 0.607. The summed E-state index contributed by atoms with van der Waals surface area (Å²) < 4.78 is 11.1. The zero-order valence-corrected chi connectivity index (χ0v) is 25.0. The average molecular weight is 594 g/mol. The van der Waals surface area contributed by atoms with E-state index >= 15 is 0 Å². The lowest BCUT2D eigenvalue weighted by molar-refractivity contribution is -0.135. The lowest BCUT2D eigenvalue weighted by Gasteiger charge is -2.32. The quantitative estimate of drug-likeness (QED) is 0.395. The van der Waals surface area contributed by atoms with Gasteiger partial charge in [-0.2, -0.15) is 0 Å². The first kappa shape index (κ1) is 32.0. The van der Waals surface area contributed by atoms with Gasteiger partial charge >= 0.3 is 0 Å².